The van der Waals surface area contributed by atoms with Gasteiger partial charge in [0.05, 0.1) is 13.2 Å². The van der Waals surface area contributed by atoms with Gasteiger partial charge in [-0.05, 0) is 30.8 Å². The lowest BCUT2D eigenvalue weighted by Crippen LogP contribution is -2.36. The topological polar surface area (TPSA) is 49.5 Å². The Morgan fingerprint density at radius 3 is 3.11 bits per heavy atom. The molecule has 2 rings (SSSR count). The zero-order valence-corrected chi connectivity index (χ0v) is 12.1. The van der Waals surface area contributed by atoms with Crippen LogP contribution in [0.3, 0.4) is 0 Å². The molecule has 0 radical (unpaired) electrons. The highest BCUT2D eigenvalue weighted by atomic mass is 32.1. The van der Waals surface area contributed by atoms with Gasteiger partial charge < -0.3 is 10.8 Å². The zero-order valence-electron chi connectivity index (χ0n) is 11.3. The van der Waals surface area contributed by atoms with E-state index in [0.29, 0.717) is 12.6 Å². The Bertz CT molecular complexity index is 446. The molecule has 104 valence electrons. The van der Waals surface area contributed by atoms with Crippen molar-refractivity contribution < 1.29 is 5.11 Å². The lowest BCUT2D eigenvalue weighted by Gasteiger charge is -2.28. The highest BCUT2D eigenvalue weighted by Gasteiger charge is 2.21. The quantitative estimate of drug-likeness (QED) is 0.829. The molecule has 1 fully saturated rings. The fourth-order valence-electron chi connectivity index (χ4n) is 2.56. The summed E-state index contributed by atoms with van der Waals surface area (Å²) in [6, 6.07) is 2.37. The predicted octanol–water partition coefficient (Wildman–Crippen LogP) is 1.80. The Morgan fingerprint density at radius 2 is 2.32 bits per heavy atom. The predicted molar refractivity (Wildman–Crippen MR) is 80.0 cm³/mol. The second-order valence-electron chi connectivity index (χ2n) is 4.92. The molecule has 0 aromatic carbocycles. The van der Waals surface area contributed by atoms with Gasteiger partial charge in [0.25, 0.3) is 0 Å². The van der Waals surface area contributed by atoms with E-state index in [4.69, 9.17) is 5.73 Å². The molecule has 4 heteroatoms. The summed E-state index contributed by atoms with van der Waals surface area (Å²) >= 11 is 1.75. The van der Waals surface area contributed by atoms with Gasteiger partial charge in [-0.3, -0.25) is 4.90 Å². The van der Waals surface area contributed by atoms with Crippen molar-refractivity contribution in [1.29, 1.82) is 0 Å². The second-order valence-corrected chi connectivity index (χ2v) is 5.92. The smallest absolute Gasteiger partial charge is 0.0587 e. The third-order valence-electron chi connectivity index (χ3n) is 3.63. The Kier molecular flexibility index (Phi) is 5.87. The van der Waals surface area contributed by atoms with Crippen molar-refractivity contribution in [3.63, 3.8) is 0 Å². The van der Waals surface area contributed by atoms with Crippen LogP contribution >= 0.6 is 11.3 Å². The molecular formula is C15H22N2OS. The van der Waals surface area contributed by atoms with Crippen molar-refractivity contribution in [1.82, 2.24) is 4.90 Å². The monoisotopic (exact) mass is 278 g/mol. The minimum atomic E-state index is 0.259. The summed E-state index contributed by atoms with van der Waals surface area (Å²) in [6.07, 6.45) is 4.83. The van der Waals surface area contributed by atoms with Gasteiger partial charge in [0.2, 0.25) is 0 Å². The Hall–Kier alpha value is -0.860. The number of nitrogens with two attached hydrogens (primary N) is 1. The van der Waals surface area contributed by atoms with E-state index >= 15 is 0 Å². The molecule has 1 atom stereocenters. The number of nitrogens with zero attached hydrogens (tertiary/aromatic N) is 1. The van der Waals surface area contributed by atoms with Crippen LogP contribution < -0.4 is 5.73 Å². The van der Waals surface area contributed by atoms with Gasteiger partial charge >= 0.3 is 0 Å². The highest BCUT2D eigenvalue weighted by Crippen LogP contribution is 2.23. The molecule has 1 saturated heterocycles. The largest absolute Gasteiger partial charge is 0.395 e. The van der Waals surface area contributed by atoms with E-state index in [1.807, 2.05) is 0 Å². The van der Waals surface area contributed by atoms with E-state index in [0.717, 1.165) is 25.1 Å². The lowest BCUT2D eigenvalue weighted by atomic mass is 10.1. The molecule has 1 aliphatic rings. The zero-order chi connectivity index (χ0) is 13.5. The van der Waals surface area contributed by atoms with Crippen LogP contribution in [-0.4, -0.2) is 35.7 Å². The molecule has 1 unspecified atom stereocenters. The summed E-state index contributed by atoms with van der Waals surface area (Å²) in [5.41, 5.74) is 6.52. The van der Waals surface area contributed by atoms with Crippen LogP contribution in [0.1, 0.15) is 36.1 Å². The van der Waals surface area contributed by atoms with Gasteiger partial charge in [-0.15, -0.1) is 11.3 Å². The van der Waals surface area contributed by atoms with E-state index in [-0.39, 0.29) is 6.61 Å². The van der Waals surface area contributed by atoms with Crippen LogP contribution in [-0.2, 0) is 6.54 Å². The first-order chi connectivity index (χ1) is 9.35. The molecule has 0 bridgehead atoms. The molecule has 1 aromatic heterocycles. The fraction of sp³-hybridized carbons (Fsp3) is 0.600. The summed E-state index contributed by atoms with van der Waals surface area (Å²) in [5, 5.41) is 11.6. The summed E-state index contributed by atoms with van der Waals surface area (Å²) in [6.45, 7) is 2.64. The SMILES string of the molecule is NCC#Cc1ccsc1CN1CCCCCC1CO. The Morgan fingerprint density at radius 1 is 1.42 bits per heavy atom. The maximum atomic E-state index is 9.54. The molecule has 0 saturated carbocycles. The van der Waals surface area contributed by atoms with Crippen LogP contribution in [0, 0.1) is 11.8 Å². The van der Waals surface area contributed by atoms with Crippen LogP contribution in [0.15, 0.2) is 11.4 Å². The highest BCUT2D eigenvalue weighted by molar-refractivity contribution is 7.10. The number of rotatable bonds is 3. The molecule has 3 nitrogen and oxygen atoms in total. The molecule has 3 N–H and O–H groups in total. The third kappa shape index (κ3) is 4.05. The summed E-state index contributed by atoms with van der Waals surface area (Å²) < 4.78 is 0. The number of aliphatic hydroxyl groups is 1. The first-order valence-electron chi connectivity index (χ1n) is 6.95. The third-order valence-corrected chi connectivity index (χ3v) is 4.53. The van der Waals surface area contributed by atoms with Gasteiger partial charge in [-0.2, -0.15) is 0 Å². The molecule has 19 heavy (non-hydrogen) atoms. The molecule has 0 spiro atoms. The molecule has 2 heterocycles. The van der Waals surface area contributed by atoms with Gasteiger partial charge in [-0.1, -0.05) is 24.7 Å². The number of aliphatic hydroxyl groups excluding tert-OH is 1. The van der Waals surface area contributed by atoms with Crippen LogP contribution in [0.25, 0.3) is 0 Å². The standard InChI is InChI=1S/C15H22N2OS/c16-8-4-5-13-7-10-19-15(13)11-17-9-3-1-2-6-14(17)12-18/h7,10,14,18H,1-3,6,8-9,11-12,16H2. The van der Waals surface area contributed by atoms with Gasteiger partial charge in [0.1, 0.15) is 0 Å². The summed E-state index contributed by atoms with van der Waals surface area (Å²) in [4.78, 5) is 3.70. The average molecular weight is 278 g/mol. The fourth-order valence-corrected chi connectivity index (χ4v) is 3.41. The maximum Gasteiger partial charge on any atom is 0.0587 e. The van der Waals surface area contributed by atoms with Crippen LogP contribution in [0.4, 0.5) is 0 Å². The second kappa shape index (κ2) is 7.66. The van der Waals surface area contributed by atoms with E-state index in [1.165, 1.54) is 24.1 Å². The minimum Gasteiger partial charge on any atom is -0.395 e. The summed E-state index contributed by atoms with van der Waals surface area (Å²) in [5.74, 6) is 6.06. The first-order valence-corrected chi connectivity index (χ1v) is 7.83. The minimum absolute atomic E-state index is 0.259. The Balaban J connectivity index is 2.08. The van der Waals surface area contributed by atoms with E-state index in [9.17, 15) is 5.11 Å². The van der Waals surface area contributed by atoms with Gasteiger partial charge in [-0.25, -0.2) is 0 Å². The average Bonchev–Trinajstić information content (AvgIpc) is 2.73. The van der Waals surface area contributed by atoms with Crippen molar-refractivity contribution >= 4 is 11.3 Å². The van der Waals surface area contributed by atoms with E-state index in [2.05, 4.69) is 28.2 Å². The normalized spacial score (nSPS) is 20.6. The Labute approximate surface area is 119 Å². The van der Waals surface area contributed by atoms with Crippen molar-refractivity contribution in [3.8, 4) is 11.8 Å². The lowest BCUT2D eigenvalue weighted by molar-refractivity contribution is 0.119. The first kappa shape index (κ1) is 14.5. The van der Waals surface area contributed by atoms with E-state index in [1.54, 1.807) is 11.3 Å². The maximum absolute atomic E-state index is 9.54. The molecule has 1 aromatic rings. The van der Waals surface area contributed by atoms with E-state index < -0.39 is 0 Å². The number of likely N-dealkylation sites (tertiary alicyclic amines) is 1. The van der Waals surface area contributed by atoms with Gasteiger partial charge in [0, 0.05) is 23.0 Å². The van der Waals surface area contributed by atoms with Gasteiger partial charge in [0.15, 0.2) is 0 Å². The van der Waals surface area contributed by atoms with Crippen LogP contribution in [0.2, 0.25) is 0 Å². The summed E-state index contributed by atoms with van der Waals surface area (Å²) in [7, 11) is 0. The van der Waals surface area contributed by atoms with Crippen molar-refractivity contribution in [3.05, 3.63) is 21.9 Å². The molecular weight excluding hydrogens is 256 g/mol. The number of hydrogen-bond donors (Lipinski definition) is 2. The molecule has 0 amide bonds. The van der Waals surface area contributed by atoms with Crippen molar-refractivity contribution in [2.75, 3.05) is 19.7 Å². The van der Waals surface area contributed by atoms with Crippen LogP contribution in [0.5, 0.6) is 0 Å². The number of thiophene rings is 1. The van der Waals surface area contributed by atoms with Crippen molar-refractivity contribution in [2.24, 2.45) is 5.73 Å². The molecule has 0 aliphatic carbocycles. The molecule has 1 aliphatic heterocycles. The number of hydrogen-bond acceptors (Lipinski definition) is 4. The van der Waals surface area contributed by atoms with Crippen molar-refractivity contribution in [2.45, 2.75) is 38.3 Å².